The predicted molar refractivity (Wildman–Crippen MR) is 168 cm³/mol. The Kier molecular flexibility index (Phi) is 9.12. The molecular formula is C36H35N3O5. The van der Waals surface area contributed by atoms with E-state index in [1.165, 1.54) is 6.08 Å². The zero-order chi connectivity index (χ0) is 30.3. The third kappa shape index (κ3) is 6.73. The number of benzene rings is 4. The maximum Gasteiger partial charge on any atom is 0.407 e. The van der Waals surface area contributed by atoms with Crippen LogP contribution in [0.3, 0.4) is 0 Å². The topological polar surface area (TPSA) is 94.8 Å². The van der Waals surface area contributed by atoms with Gasteiger partial charge in [-0.25, -0.2) is 9.78 Å². The Morgan fingerprint density at radius 3 is 2.52 bits per heavy atom. The first-order valence-electron chi connectivity index (χ1n) is 14.7. The third-order valence-corrected chi connectivity index (χ3v) is 7.81. The van der Waals surface area contributed by atoms with Crippen molar-refractivity contribution in [3.8, 4) is 11.1 Å². The number of ether oxygens (including phenoxy) is 3. The first-order valence-corrected chi connectivity index (χ1v) is 14.7. The Hall–Kier alpha value is -4.76. The number of alkyl carbamates (subject to hydrolysis) is 1. The zero-order valence-corrected chi connectivity index (χ0v) is 24.3. The van der Waals surface area contributed by atoms with E-state index in [0.717, 1.165) is 44.4 Å². The van der Waals surface area contributed by atoms with Gasteiger partial charge in [-0.15, -0.1) is 0 Å². The molecule has 0 aliphatic carbocycles. The van der Waals surface area contributed by atoms with Gasteiger partial charge in [-0.3, -0.25) is 0 Å². The number of aromatic nitrogens is 2. The maximum atomic E-state index is 12.0. The molecule has 2 heterocycles. The average molecular weight is 590 g/mol. The molecule has 3 unspecified atom stereocenters. The van der Waals surface area contributed by atoms with Gasteiger partial charge in [0.1, 0.15) is 6.61 Å². The van der Waals surface area contributed by atoms with Gasteiger partial charge < -0.3 is 29.2 Å². The quantitative estimate of drug-likeness (QED) is 0.173. The number of aliphatic hydroxyl groups excluding tert-OH is 1. The fourth-order valence-corrected chi connectivity index (χ4v) is 5.54. The first kappa shape index (κ1) is 29.3. The zero-order valence-electron chi connectivity index (χ0n) is 24.3. The second kappa shape index (κ2) is 13.7. The Labute approximate surface area is 256 Å². The van der Waals surface area contributed by atoms with Crippen LogP contribution in [0.25, 0.3) is 22.2 Å². The number of carbonyl (C=O) groups excluding carboxylic acids is 1. The number of nitrogens with zero attached hydrogens (tertiary/aromatic N) is 2. The van der Waals surface area contributed by atoms with Crippen LogP contribution in [0.4, 0.5) is 4.79 Å². The number of imidazole rings is 1. The number of aliphatic hydroxyl groups is 1. The van der Waals surface area contributed by atoms with E-state index in [2.05, 4.69) is 39.6 Å². The maximum absolute atomic E-state index is 12.0. The highest BCUT2D eigenvalue weighted by molar-refractivity contribution is 5.75. The summed E-state index contributed by atoms with van der Waals surface area (Å²) in [5.41, 5.74) is 7.83. The van der Waals surface area contributed by atoms with Crippen LogP contribution in [0.2, 0.25) is 0 Å². The van der Waals surface area contributed by atoms with Gasteiger partial charge in [-0.05, 0) is 39.9 Å². The molecule has 2 N–H and O–H groups in total. The normalized spacial score (nSPS) is 18.2. The lowest BCUT2D eigenvalue weighted by Gasteiger charge is -2.36. The van der Waals surface area contributed by atoms with Gasteiger partial charge in [-0.2, -0.15) is 0 Å². The van der Waals surface area contributed by atoms with Gasteiger partial charge in [0.15, 0.2) is 6.29 Å². The number of nitrogens with one attached hydrogen (secondary N) is 1. The average Bonchev–Trinajstić information content (AvgIpc) is 3.49. The fraction of sp³-hybridized carbons (Fsp3) is 0.222. The smallest absolute Gasteiger partial charge is 0.407 e. The number of carbonyl (C=O) groups is 1. The number of hydrogen-bond acceptors (Lipinski definition) is 6. The number of rotatable bonds is 10. The Morgan fingerprint density at radius 2 is 1.73 bits per heavy atom. The van der Waals surface area contributed by atoms with Crippen molar-refractivity contribution < 1.29 is 24.1 Å². The predicted octanol–water partition coefficient (Wildman–Crippen LogP) is 6.85. The fourth-order valence-electron chi connectivity index (χ4n) is 5.54. The Morgan fingerprint density at radius 1 is 0.977 bits per heavy atom. The van der Waals surface area contributed by atoms with Crippen LogP contribution >= 0.6 is 0 Å². The standard InChI is InChI=1S/C36H35N3O5/c1-2-19-42-36(41)37-21-29-7-3-4-8-31(29)26-15-17-28(18-16-26)35-43-30(22-39-24-38-32-9-5-6-10-33(32)39)20-34(44-35)27-13-11-25(23-40)12-14-27/h2-18,24,30,34-35,40H,1,19-23H2,(H,37,41). The van der Waals surface area contributed by atoms with E-state index in [1.54, 1.807) is 0 Å². The molecule has 4 aromatic carbocycles. The van der Waals surface area contributed by atoms with E-state index in [0.29, 0.717) is 19.5 Å². The van der Waals surface area contributed by atoms with Gasteiger partial charge in [0.2, 0.25) is 0 Å². The van der Waals surface area contributed by atoms with Crippen molar-refractivity contribution in [1.82, 2.24) is 14.9 Å². The molecule has 1 saturated heterocycles. The van der Waals surface area contributed by atoms with E-state index in [1.807, 2.05) is 85.2 Å². The Balaban J connectivity index is 1.23. The number of amides is 1. The third-order valence-electron chi connectivity index (χ3n) is 7.81. The van der Waals surface area contributed by atoms with Crippen molar-refractivity contribution in [1.29, 1.82) is 0 Å². The molecule has 6 rings (SSSR count). The van der Waals surface area contributed by atoms with Crippen molar-refractivity contribution in [2.45, 2.75) is 44.6 Å². The molecule has 3 atom stereocenters. The van der Waals surface area contributed by atoms with Crippen LogP contribution in [0.1, 0.15) is 41.1 Å². The van der Waals surface area contributed by atoms with E-state index in [-0.39, 0.29) is 25.4 Å². The molecule has 8 nitrogen and oxygen atoms in total. The number of hydrogen-bond donors (Lipinski definition) is 2. The lowest BCUT2D eigenvalue weighted by atomic mass is 9.97. The van der Waals surface area contributed by atoms with Crippen LogP contribution in [-0.2, 0) is 33.9 Å². The molecule has 5 aromatic rings. The van der Waals surface area contributed by atoms with Crippen molar-refractivity contribution in [2.24, 2.45) is 0 Å². The second-order valence-corrected chi connectivity index (χ2v) is 10.8. The molecule has 44 heavy (non-hydrogen) atoms. The van der Waals surface area contributed by atoms with E-state index < -0.39 is 12.4 Å². The summed E-state index contributed by atoms with van der Waals surface area (Å²) in [6, 6.07) is 32.1. The van der Waals surface area contributed by atoms with Crippen LogP contribution in [0, 0.1) is 0 Å². The summed E-state index contributed by atoms with van der Waals surface area (Å²) in [5.74, 6) is 0. The summed E-state index contributed by atoms with van der Waals surface area (Å²) in [6.45, 7) is 4.70. The van der Waals surface area contributed by atoms with Crippen LogP contribution in [0.15, 0.2) is 116 Å². The van der Waals surface area contributed by atoms with E-state index in [4.69, 9.17) is 14.2 Å². The van der Waals surface area contributed by atoms with Crippen molar-refractivity contribution in [2.75, 3.05) is 6.61 Å². The van der Waals surface area contributed by atoms with Gasteiger partial charge in [0.05, 0.1) is 42.7 Å². The van der Waals surface area contributed by atoms with Gasteiger partial charge in [-0.1, -0.05) is 97.6 Å². The molecule has 0 saturated carbocycles. The summed E-state index contributed by atoms with van der Waals surface area (Å²) in [7, 11) is 0. The molecule has 0 radical (unpaired) electrons. The first-order chi connectivity index (χ1) is 21.6. The van der Waals surface area contributed by atoms with Crippen molar-refractivity contribution in [3.05, 3.63) is 138 Å². The lowest BCUT2D eigenvalue weighted by molar-refractivity contribution is -0.252. The molecule has 1 amide bonds. The van der Waals surface area contributed by atoms with Crippen LogP contribution < -0.4 is 5.32 Å². The monoisotopic (exact) mass is 589 g/mol. The summed E-state index contributed by atoms with van der Waals surface area (Å²) in [5, 5.41) is 12.3. The minimum atomic E-state index is -0.573. The molecule has 0 spiro atoms. The molecule has 1 aliphatic heterocycles. The molecule has 0 bridgehead atoms. The molecular weight excluding hydrogens is 554 g/mol. The lowest BCUT2D eigenvalue weighted by Crippen LogP contribution is -2.32. The van der Waals surface area contributed by atoms with Gasteiger partial charge in [0, 0.05) is 18.5 Å². The van der Waals surface area contributed by atoms with Crippen molar-refractivity contribution >= 4 is 17.1 Å². The van der Waals surface area contributed by atoms with Crippen LogP contribution in [0.5, 0.6) is 0 Å². The molecule has 1 fully saturated rings. The summed E-state index contributed by atoms with van der Waals surface area (Å²) >= 11 is 0. The Bertz CT molecular complexity index is 1710. The van der Waals surface area contributed by atoms with Crippen molar-refractivity contribution in [3.63, 3.8) is 0 Å². The minimum absolute atomic E-state index is 0.00119. The highest BCUT2D eigenvalue weighted by Crippen LogP contribution is 2.39. The highest BCUT2D eigenvalue weighted by Gasteiger charge is 2.32. The molecule has 224 valence electrons. The van der Waals surface area contributed by atoms with E-state index in [9.17, 15) is 9.90 Å². The molecule has 8 heteroatoms. The summed E-state index contributed by atoms with van der Waals surface area (Å²) in [4.78, 5) is 16.5. The summed E-state index contributed by atoms with van der Waals surface area (Å²) in [6.07, 6.45) is 2.71. The minimum Gasteiger partial charge on any atom is -0.445 e. The molecule has 1 aromatic heterocycles. The largest absolute Gasteiger partial charge is 0.445 e. The second-order valence-electron chi connectivity index (χ2n) is 10.8. The van der Waals surface area contributed by atoms with Gasteiger partial charge in [0.25, 0.3) is 0 Å². The molecule has 1 aliphatic rings. The van der Waals surface area contributed by atoms with E-state index >= 15 is 0 Å². The number of para-hydroxylation sites is 2. The SMILES string of the molecule is C=CCOC(=O)NCc1ccccc1-c1ccc(C2OC(Cn3cnc4ccccc43)CC(c3ccc(CO)cc3)O2)cc1. The van der Waals surface area contributed by atoms with Crippen LogP contribution in [-0.4, -0.2) is 33.5 Å². The summed E-state index contributed by atoms with van der Waals surface area (Å²) < 4.78 is 20.3. The number of fused-ring (bicyclic) bond motifs is 1. The van der Waals surface area contributed by atoms with Gasteiger partial charge >= 0.3 is 6.09 Å². The highest BCUT2D eigenvalue weighted by atomic mass is 16.7.